The lowest BCUT2D eigenvalue weighted by Crippen LogP contribution is -2.55. The molecule has 2 atom stereocenters. The van der Waals surface area contributed by atoms with Crippen LogP contribution in [0, 0.1) is 0 Å². The summed E-state index contributed by atoms with van der Waals surface area (Å²) >= 11 is 0. The Morgan fingerprint density at radius 2 is 2.18 bits per heavy atom. The molecule has 1 aliphatic rings. The zero-order valence-corrected chi connectivity index (χ0v) is 6.79. The average molecular weight is 167 g/mol. The summed E-state index contributed by atoms with van der Waals surface area (Å²) in [4.78, 5) is 0. The highest BCUT2D eigenvalue weighted by molar-refractivity contribution is 4.81. The molecule has 1 heterocycles. The van der Waals surface area contributed by atoms with Crippen LogP contribution in [0.25, 0.3) is 0 Å². The van der Waals surface area contributed by atoms with Gasteiger partial charge < -0.3 is 10.1 Å². The van der Waals surface area contributed by atoms with E-state index in [0.29, 0.717) is 0 Å². The third kappa shape index (κ3) is 2.10. The zero-order chi connectivity index (χ0) is 8.54. The topological polar surface area (TPSA) is 21.3 Å². The van der Waals surface area contributed by atoms with Crippen molar-refractivity contribution in [1.82, 2.24) is 5.32 Å². The van der Waals surface area contributed by atoms with Crippen LogP contribution in [0.2, 0.25) is 0 Å². The number of nitrogens with one attached hydrogen (secondary N) is 1. The number of hydrogen-bond acceptors (Lipinski definition) is 2. The molecule has 68 valence electrons. The van der Waals surface area contributed by atoms with Gasteiger partial charge in [-0.25, -0.2) is 8.78 Å². The Labute approximate surface area is 66.4 Å². The van der Waals surface area contributed by atoms with Crippen molar-refractivity contribution < 1.29 is 14.9 Å². The molecule has 1 N–H and O–H groups in total. The highest BCUT2D eigenvalue weighted by atomic mass is 19.2. The van der Waals surface area contributed by atoms with Crippen molar-refractivity contribution in [2.45, 2.75) is 32.0 Å². The molecule has 1 rings (SSSR count). The Morgan fingerprint density at radius 1 is 1.55 bits per heavy atom. The second-order valence-corrected chi connectivity index (χ2v) is 3.04. The summed E-state index contributed by atoms with van der Waals surface area (Å²) in [5.41, 5.74) is 0. The van der Waals surface area contributed by atoms with Crippen LogP contribution in [0.5, 0.6) is 0 Å². The molecule has 0 aromatic carbocycles. The molecule has 0 bridgehead atoms. The van der Waals surface area contributed by atoms with Gasteiger partial charge in [-0.1, -0.05) is 6.92 Å². The molecule has 0 aromatic rings. The van der Waals surface area contributed by atoms with E-state index in [4.69, 9.17) is 0 Å². The number of ether oxygens (including phenoxy) is 1. The van der Waals surface area contributed by atoms with Crippen LogP contribution >= 0.6 is 0 Å². The molecule has 0 saturated carbocycles. The molecule has 1 fully saturated rings. The number of hydrogen-bond donors (Lipinski definition) is 1. The molecule has 11 heavy (non-hydrogen) atoms. The quantitative estimate of drug-likeness (QED) is 0.640. The SMILES string of the molecule is CCC1(F)CNCC(C)(F)O1.[HH]. The van der Waals surface area contributed by atoms with Crippen LogP contribution in [0.1, 0.15) is 21.7 Å². The first-order valence-electron chi connectivity index (χ1n) is 3.76. The summed E-state index contributed by atoms with van der Waals surface area (Å²) < 4.78 is 30.9. The Kier molecular flexibility index (Phi) is 2.16. The van der Waals surface area contributed by atoms with Crippen LogP contribution < -0.4 is 5.32 Å². The molecule has 1 aliphatic heterocycles. The smallest absolute Gasteiger partial charge is 0.224 e. The molecule has 2 nitrogen and oxygen atoms in total. The van der Waals surface area contributed by atoms with Gasteiger partial charge >= 0.3 is 0 Å². The third-order valence-corrected chi connectivity index (χ3v) is 1.75. The fourth-order valence-electron chi connectivity index (χ4n) is 1.12. The first-order chi connectivity index (χ1) is 4.97. The maximum atomic E-state index is 13.3. The van der Waals surface area contributed by atoms with E-state index in [1.54, 1.807) is 6.92 Å². The van der Waals surface area contributed by atoms with Gasteiger partial charge in [0.15, 0.2) is 0 Å². The first-order valence-corrected chi connectivity index (χ1v) is 3.76. The van der Waals surface area contributed by atoms with Gasteiger partial charge in [-0.05, 0) is 6.92 Å². The van der Waals surface area contributed by atoms with Gasteiger partial charge in [0.1, 0.15) is 0 Å². The summed E-state index contributed by atoms with van der Waals surface area (Å²) in [5, 5.41) is 2.64. The minimum Gasteiger partial charge on any atom is -0.306 e. The van der Waals surface area contributed by atoms with Crippen LogP contribution in [-0.2, 0) is 4.74 Å². The summed E-state index contributed by atoms with van der Waals surface area (Å²) in [6.07, 6.45) is 0.166. The fraction of sp³-hybridized carbons (Fsp3) is 1.00. The second kappa shape index (κ2) is 2.68. The zero-order valence-electron chi connectivity index (χ0n) is 6.79. The van der Waals surface area contributed by atoms with Gasteiger partial charge in [0.05, 0.1) is 13.1 Å². The van der Waals surface area contributed by atoms with E-state index in [1.807, 2.05) is 0 Å². The Balaban J connectivity index is 0.00000121. The molecule has 0 amide bonds. The van der Waals surface area contributed by atoms with Crippen LogP contribution in [0.15, 0.2) is 0 Å². The highest BCUT2D eigenvalue weighted by Gasteiger charge is 2.42. The van der Waals surface area contributed by atoms with E-state index in [2.05, 4.69) is 10.1 Å². The van der Waals surface area contributed by atoms with E-state index < -0.39 is 11.7 Å². The molecule has 0 aromatic heterocycles. The monoisotopic (exact) mass is 167 g/mol. The molecule has 0 radical (unpaired) electrons. The number of morpholine rings is 1. The van der Waals surface area contributed by atoms with E-state index in [0.717, 1.165) is 0 Å². The Bertz CT molecular complexity index is 156. The van der Waals surface area contributed by atoms with E-state index in [1.165, 1.54) is 6.92 Å². The van der Waals surface area contributed by atoms with Crippen LogP contribution in [-0.4, -0.2) is 24.8 Å². The molecule has 0 aliphatic carbocycles. The molecule has 1 saturated heterocycles. The largest absolute Gasteiger partial charge is 0.306 e. The van der Waals surface area contributed by atoms with Gasteiger partial charge in [-0.3, -0.25) is 0 Å². The Hall–Kier alpha value is -0.220. The van der Waals surface area contributed by atoms with Crippen molar-refractivity contribution in [3.8, 4) is 0 Å². The van der Waals surface area contributed by atoms with Gasteiger partial charge in [0.25, 0.3) is 0 Å². The molecular weight excluding hydrogens is 152 g/mol. The van der Waals surface area contributed by atoms with Gasteiger partial charge in [0.2, 0.25) is 11.7 Å². The maximum Gasteiger partial charge on any atom is 0.224 e. The first kappa shape index (κ1) is 8.87. The second-order valence-electron chi connectivity index (χ2n) is 3.04. The molecule has 4 heteroatoms. The summed E-state index contributed by atoms with van der Waals surface area (Å²) in [6, 6.07) is 0. The lowest BCUT2D eigenvalue weighted by Gasteiger charge is -2.37. The third-order valence-electron chi connectivity index (χ3n) is 1.75. The van der Waals surface area contributed by atoms with Crippen LogP contribution in [0.4, 0.5) is 8.78 Å². The normalized spacial score (nSPS) is 45.8. The lowest BCUT2D eigenvalue weighted by atomic mass is 10.1. The number of alkyl halides is 2. The average Bonchev–Trinajstić information content (AvgIpc) is 1.85. The molecule has 0 spiro atoms. The van der Waals surface area contributed by atoms with Gasteiger partial charge in [-0.15, -0.1) is 0 Å². The lowest BCUT2D eigenvalue weighted by molar-refractivity contribution is -0.282. The van der Waals surface area contributed by atoms with Crippen molar-refractivity contribution in [1.29, 1.82) is 0 Å². The summed E-state index contributed by atoms with van der Waals surface area (Å²) in [6.45, 7) is 2.98. The van der Waals surface area contributed by atoms with Crippen molar-refractivity contribution in [3.05, 3.63) is 0 Å². The number of halogens is 2. The van der Waals surface area contributed by atoms with E-state index in [9.17, 15) is 8.78 Å². The summed E-state index contributed by atoms with van der Waals surface area (Å²) in [7, 11) is 0. The van der Waals surface area contributed by atoms with Crippen molar-refractivity contribution >= 4 is 0 Å². The van der Waals surface area contributed by atoms with Crippen LogP contribution in [0.3, 0.4) is 0 Å². The van der Waals surface area contributed by atoms with Gasteiger partial charge in [0, 0.05) is 7.85 Å². The fourth-order valence-corrected chi connectivity index (χ4v) is 1.12. The van der Waals surface area contributed by atoms with E-state index in [-0.39, 0.29) is 20.9 Å². The number of rotatable bonds is 1. The van der Waals surface area contributed by atoms with E-state index >= 15 is 0 Å². The van der Waals surface area contributed by atoms with Crippen molar-refractivity contribution in [2.75, 3.05) is 13.1 Å². The predicted molar refractivity (Wildman–Crippen MR) is 39.7 cm³/mol. The van der Waals surface area contributed by atoms with Crippen molar-refractivity contribution in [2.24, 2.45) is 0 Å². The highest BCUT2D eigenvalue weighted by Crippen LogP contribution is 2.28. The molecule has 2 unspecified atom stereocenters. The summed E-state index contributed by atoms with van der Waals surface area (Å²) in [5.74, 6) is -3.70. The predicted octanol–water partition coefficient (Wildman–Crippen LogP) is 1.61. The van der Waals surface area contributed by atoms with Gasteiger partial charge in [-0.2, -0.15) is 0 Å². The van der Waals surface area contributed by atoms with Crippen molar-refractivity contribution in [3.63, 3.8) is 0 Å². The minimum absolute atomic E-state index is 0. The molecular formula is C7H15F2NO. The minimum atomic E-state index is -1.87. The standard InChI is InChI=1S/C7H13F2NO.H2/c1-3-7(9)5-10-4-6(2,8)11-7;/h10H,3-5H2,1-2H3;1H. The Morgan fingerprint density at radius 3 is 2.55 bits per heavy atom. The maximum absolute atomic E-state index is 13.3.